The second-order valence-corrected chi connectivity index (χ2v) is 5.81. The minimum absolute atomic E-state index is 0.0126. The van der Waals surface area contributed by atoms with Crippen molar-refractivity contribution in [2.24, 2.45) is 11.3 Å². The van der Waals surface area contributed by atoms with E-state index >= 15 is 0 Å². The fourth-order valence-corrected chi connectivity index (χ4v) is 2.65. The van der Waals surface area contributed by atoms with E-state index in [-0.39, 0.29) is 17.2 Å². The van der Waals surface area contributed by atoms with Gasteiger partial charge < -0.3 is 10.4 Å². The van der Waals surface area contributed by atoms with Crippen LogP contribution in [0.2, 0.25) is 0 Å². The van der Waals surface area contributed by atoms with Gasteiger partial charge in [-0.2, -0.15) is 0 Å². The summed E-state index contributed by atoms with van der Waals surface area (Å²) in [4.78, 5) is 23.0. The number of aliphatic carboxylic acids is 1. The van der Waals surface area contributed by atoms with Crippen LogP contribution in [0.3, 0.4) is 0 Å². The molecule has 0 aromatic rings. The molecule has 2 N–H and O–H groups in total. The van der Waals surface area contributed by atoms with Gasteiger partial charge in [0, 0.05) is 5.92 Å². The highest BCUT2D eigenvalue weighted by atomic mass is 16.4. The minimum atomic E-state index is -0.935. The maximum Gasteiger partial charge on any atom is 0.329 e. The van der Waals surface area contributed by atoms with E-state index < -0.39 is 11.5 Å². The molecule has 2 aliphatic rings. The lowest BCUT2D eigenvalue weighted by Gasteiger charge is -2.27. The Hall–Kier alpha value is -1.06. The van der Waals surface area contributed by atoms with Crippen molar-refractivity contribution < 1.29 is 14.7 Å². The monoisotopic (exact) mass is 225 g/mol. The van der Waals surface area contributed by atoms with Crippen molar-refractivity contribution in [2.45, 2.75) is 51.5 Å². The van der Waals surface area contributed by atoms with Crippen LogP contribution >= 0.6 is 0 Å². The maximum absolute atomic E-state index is 12.0. The van der Waals surface area contributed by atoms with E-state index in [0.29, 0.717) is 12.8 Å². The summed E-state index contributed by atoms with van der Waals surface area (Å²) in [5.41, 5.74) is -0.922. The van der Waals surface area contributed by atoms with Crippen molar-refractivity contribution in [2.75, 3.05) is 0 Å². The number of carboxylic acids is 1. The molecule has 90 valence electrons. The molecule has 4 heteroatoms. The third kappa shape index (κ3) is 1.81. The summed E-state index contributed by atoms with van der Waals surface area (Å²) >= 11 is 0. The van der Waals surface area contributed by atoms with Crippen molar-refractivity contribution in [3.05, 3.63) is 0 Å². The van der Waals surface area contributed by atoms with E-state index in [0.717, 1.165) is 19.3 Å². The zero-order chi connectivity index (χ0) is 12.0. The molecule has 2 rings (SSSR count). The molecule has 0 heterocycles. The molecule has 0 spiro atoms. The SMILES string of the molecule is CC1(C)CCCC1C(=O)NC1(C(=O)O)CC1. The van der Waals surface area contributed by atoms with Gasteiger partial charge in [0.15, 0.2) is 0 Å². The summed E-state index contributed by atoms with van der Waals surface area (Å²) < 4.78 is 0. The quantitative estimate of drug-likeness (QED) is 0.765. The molecular formula is C12H19NO3. The average Bonchev–Trinajstić information content (AvgIpc) is 2.85. The van der Waals surface area contributed by atoms with Gasteiger partial charge in [0.05, 0.1) is 0 Å². The molecule has 0 aliphatic heterocycles. The average molecular weight is 225 g/mol. The van der Waals surface area contributed by atoms with E-state index in [9.17, 15) is 9.59 Å². The van der Waals surface area contributed by atoms with Crippen LogP contribution in [0, 0.1) is 11.3 Å². The van der Waals surface area contributed by atoms with Crippen LogP contribution in [0.5, 0.6) is 0 Å². The Labute approximate surface area is 95.4 Å². The Morgan fingerprint density at radius 2 is 1.88 bits per heavy atom. The van der Waals surface area contributed by atoms with Crippen molar-refractivity contribution in [1.82, 2.24) is 5.32 Å². The molecule has 2 saturated carbocycles. The number of carbonyl (C=O) groups is 2. The van der Waals surface area contributed by atoms with Crippen molar-refractivity contribution in [3.63, 3.8) is 0 Å². The number of carbonyl (C=O) groups excluding carboxylic acids is 1. The van der Waals surface area contributed by atoms with Crippen molar-refractivity contribution in [1.29, 1.82) is 0 Å². The van der Waals surface area contributed by atoms with Crippen LogP contribution in [-0.4, -0.2) is 22.5 Å². The molecule has 1 atom stereocenters. The zero-order valence-electron chi connectivity index (χ0n) is 9.88. The highest BCUT2D eigenvalue weighted by Crippen LogP contribution is 2.44. The Morgan fingerprint density at radius 3 is 2.25 bits per heavy atom. The largest absolute Gasteiger partial charge is 0.480 e. The fourth-order valence-electron chi connectivity index (χ4n) is 2.65. The van der Waals surface area contributed by atoms with Crippen LogP contribution in [-0.2, 0) is 9.59 Å². The molecule has 4 nitrogen and oxygen atoms in total. The Balaban J connectivity index is 2.01. The first kappa shape index (κ1) is 11.4. The number of hydrogen-bond acceptors (Lipinski definition) is 2. The minimum Gasteiger partial charge on any atom is -0.480 e. The molecule has 0 bridgehead atoms. The lowest BCUT2D eigenvalue weighted by Crippen LogP contribution is -2.47. The lowest BCUT2D eigenvalue weighted by atomic mass is 9.81. The predicted molar refractivity (Wildman–Crippen MR) is 58.9 cm³/mol. The van der Waals surface area contributed by atoms with Gasteiger partial charge in [-0.05, 0) is 31.1 Å². The second-order valence-electron chi connectivity index (χ2n) is 5.81. The third-order valence-electron chi connectivity index (χ3n) is 4.10. The van der Waals surface area contributed by atoms with Gasteiger partial charge in [0.1, 0.15) is 5.54 Å². The van der Waals surface area contributed by atoms with Crippen LogP contribution in [0.25, 0.3) is 0 Å². The highest BCUT2D eigenvalue weighted by molar-refractivity contribution is 5.90. The molecule has 1 amide bonds. The van der Waals surface area contributed by atoms with Crippen molar-refractivity contribution in [3.8, 4) is 0 Å². The Bertz CT molecular complexity index is 331. The van der Waals surface area contributed by atoms with Gasteiger partial charge >= 0.3 is 5.97 Å². The fraction of sp³-hybridized carbons (Fsp3) is 0.833. The van der Waals surface area contributed by atoms with E-state index in [1.807, 2.05) is 0 Å². The molecule has 2 fully saturated rings. The summed E-state index contributed by atoms with van der Waals surface area (Å²) in [6.45, 7) is 4.18. The van der Waals surface area contributed by atoms with E-state index in [1.165, 1.54) is 0 Å². The summed E-state index contributed by atoms with van der Waals surface area (Å²) in [6.07, 6.45) is 4.13. The smallest absolute Gasteiger partial charge is 0.329 e. The zero-order valence-corrected chi connectivity index (χ0v) is 9.88. The van der Waals surface area contributed by atoms with Gasteiger partial charge in [-0.1, -0.05) is 20.3 Å². The van der Waals surface area contributed by atoms with E-state index in [4.69, 9.17) is 5.11 Å². The standard InChI is InChI=1S/C12H19NO3/c1-11(2)5-3-4-8(11)9(14)13-12(6-7-12)10(15)16/h8H,3-7H2,1-2H3,(H,13,14)(H,15,16). The molecule has 2 aliphatic carbocycles. The number of amides is 1. The van der Waals surface area contributed by atoms with Gasteiger partial charge in [0.2, 0.25) is 5.91 Å². The molecule has 0 aromatic carbocycles. The van der Waals surface area contributed by atoms with Gasteiger partial charge in [-0.25, -0.2) is 4.79 Å². The van der Waals surface area contributed by atoms with Gasteiger partial charge in [0.25, 0.3) is 0 Å². The summed E-state index contributed by atoms with van der Waals surface area (Å²) in [6, 6.07) is 0. The number of carboxylic acid groups (broad SMARTS) is 1. The first-order chi connectivity index (χ1) is 7.37. The van der Waals surface area contributed by atoms with E-state index in [2.05, 4.69) is 19.2 Å². The van der Waals surface area contributed by atoms with Gasteiger partial charge in [-0.15, -0.1) is 0 Å². The molecule has 0 aromatic heterocycles. The van der Waals surface area contributed by atoms with Crippen LogP contribution < -0.4 is 5.32 Å². The molecule has 16 heavy (non-hydrogen) atoms. The second kappa shape index (κ2) is 3.47. The Kier molecular flexibility index (Phi) is 2.48. The van der Waals surface area contributed by atoms with Crippen LogP contribution in [0.15, 0.2) is 0 Å². The normalized spacial score (nSPS) is 29.8. The molecule has 0 saturated heterocycles. The predicted octanol–water partition coefficient (Wildman–Crippen LogP) is 1.55. The summed E-state index contributed by atoms with van der Waals surface area (Å²) in [5.74, 6) is -0.983. The van der Waals surface area contributed by atoms with Crippen molar-refractivity contribution >= 4 is 11.9 Å². The molecule has 1 unspecified atom stereocenters. The first-order valence-electron chi connectivity index (χ1n) is 5.93. The maximum atomic E-state index is 12.0. The first-order valence-corrected chi connectivity index (χ1v) is 5.93. The van der Waals surface area contributed by atoms with Gasteiger partial charge in [-0.3, -0.25) is 4.79 Å². The Morgan fingerprint density at radius 1 is 1.25 bits per heavy atom. The van der Waals surface area contributed by atoms with Crippen LogP contribution in [0.1, 0.15) is 46.0 Å². The summed E-state index contributed by atoms with van der Waals surface area (Å²) in [5, 5.41) is 11.7. The number of nitrogens with one attached hydrogen (secondary N) is 1. The molecular weight excluding hydrogens is 206 g/mol. The number of rotatable bonds is 3. The number of hydrogen-bond donors (Lipinski definition) is 2. The molecule has 0 radical (unpaired) electrons. The summed E-state index contributed by atoms with van der Waals surface area (Å²) in [7, 11) is 0. The van der Waals surface area contributed by atoms with Crippen LogP contribution in [0.4, 0.5) is 0 Å². The topological polar surface area (TPSA) is 66.4 Å². The third-order valence-corrected chi connectivity index (χ3v) is 4.10. The highest BCUT2D eigenvalue weighted by Gasteiger charge is 2.53. The van der Waals surface area contributed by atoms with E-state index in [1.54, 1.807) is 0 Å². The lowest BCUT2D eigenvalue weighted by molar-refractivity contribution is -0.144.